The second-order valence-corrected chi connectivity index (χ2v) is 10.9. The fourth-order valence-electron chi connectivity index (χ4n) is 3.40. The van der Waals surface area contributed by atoms with Crippen molar-refractivity contribution in [3.05, 3.63) is 92.2 Å². The van der Waals surface area contributed by atoms with Gasteiger partial charge in [-0.15, -0.1) is 11.3 Å². The number of carbonyl (C=O) groups is 1. The molecule has 2 N–H and O–H groups in total. The number of amides is 1. The maximum Gasteiger partial charge on any atom is 0.293 e. The molecule has 0 fully saturated rings. The molecule has 10 heteroatoms. The summed E-state index contributed by atoms with van der Waals surface area (Å²) in [5.74, 6) is 0.0708. The molecule has 0 atom stereocenters. The van der Waals surface area contributed by atoms with Crippen molar-refractivity contribution >= 4 is 96.3 Å². The molecule has 3 aromatic carbocycles. The Morgan fingerprint density at radius 3 is 2.63 bits per heavy atom. The third kappa shape index (κ3) is 5.36. The van der Waals surface area contributed by atoms with E-state index in [1.807, 2.05) is 42.5 Å². The van der Waals surface area contributed by atoms with Crippen LogP contribution < -0.4 is 10.6 Å². The summed E-state index contributed by atoms with van der Waals surface area (Å²) < 4.78 is 7.86. The summed E-state index contributed by atoms with van der Waals surface area (Å²) in [4.78, 5) is 17.5. The number of nitrogens with zero attached hydrogens (tertiary/aromatic N) is 1. The Hall–Kier alpha value is -2.50. The van der Waals surface area contributed by atoms with E-state index in [-0.39, 0.29) is 10.9 Å². The number of aromatic nitrogens is 1. The van der Waals surface area contributed by atoms with E-state index in [2.05, 4.69) is 33.2 Å². The number of thiocarbonyl (C=S) groups is 1. The lowest BCUT2D eigenvalue weighted by atomic mass is 10.2. The standard InChI is InChI=1S/C25H14Cl2IN3O2S2/c26-13-5-7-15(17(27)11-13)20-9-10-21(33-20)23(32)31-25(34)30-18-8-6-14(28)12-16(18)24-29-19-3-1-2-4-22(19)35-24/h1-12H,(H2,30,31,32,34). The molecule has 0 unspecified atom stereocenters. The zero-order valence-corrected chi connectivity index (χ0v) is 22.9. The van der Waals surface area contributed by atoms with Crippen LogP contribution in [0.15, 0.2) is 77.2 Å². The van der Waals surface area contributed by atoms with E-state index in [1.165, 1.54) is 0 Å². The van der Waals surface area contributed by atoms with Gasteiger partial charge in [-0.3, -0.25) is 10.1 Å². The molecule has 5 aromatic rings. The lowest BCUT2D eigenvalue weighted by molar-refractivity contribution is 0.0951. The van der Waals surface area contributed by atoms with Gasteiger partial charge in [0, 0.05) is 19.7 Å². The van der Waals surface area contributed by atoms with Crippen LogP contribution in [-0.4, -0.2) is 16.0 Å². The SMILES string of the molecule is O=C(NC(=S)Nc1ccc(I)cc1-c1nc2ccccc2s1)c1ccc(-c2ccc(Cl)cc2Cl)o1. The first-order chi connectivity index (χ1) is 16.9. The first-order valence-electron chi connectivity index (χ1n) is 10.2. The topological polar surface area (TPSA) is 67.2 Å². The van der Waals surface area contributed by atoms with E-state index in [1.54, 1.807) is 41.7 Å². The van der Waals surface area contributed by atoms with Gasteiger partial charge in [0.2, 0.25) is 0 Å². The molecule has 0 aliphatic carbocycles. The minimum Gasteiger partial charge on any atom is -0.451 e. The van der Waals surface area contributed by atoms with E-state index in [0.717, 1.165) is 30.0 Å². The number of hydrogen-bond donors (Lipinski definition) is 2. The van der Waals surface area contributed by atoms with Gasteiger partial charge in [-0.1, -0.05) is 35.3 Å². The second-order valence-electron chi connectivity index (χ2n) is 7.37. The van der Waals surface area contributed by atoms with Crippen molar-refractivity contribution in [3.63, 3.8) is 0 Å². The number of carbonyl (C=O) groups excluding carboxylic acids is 1. The average Bonchev–Trinajstić information content (AvgIpc) is 3.47. The zero-order chi connectivity index (χ0) is 24.5. The molecule has 2 heterocycles. The second kappa shape index (κ2) is 10.2. The van der Waals surface area contributed by atoms with Crippen LogP contribution in [0.1, 0.15) is 10.6 Å². The Bertz CT molecular complexity index is 1570. The summed E-state index contributed by atoms with van der Waals surface area (Å²) in [6.07, 6.45) is 0. The van der Waals surface area contributed by atoms with Gasteiger partial charge in [0.1, 0.15) is 10.8 Å². The van der Waals surface area contributed by atoms with Crippen LogP contribution in [-0.2, 0) is 0 Å². The Balaban J connectivity index is 1.34. The third-order valence-corrected chi connectivity index (χ3v) is 7.50. The average molecular weight is 650 g/mol. The van der Waals surface area contributed by atoms with Gasteiger partial charge < -0.3 is 9.73 Å². The number of para-hydroxylation sites is 1. The molecular weight excluding hydrogens is 636 g/mol. The Labute approximate surface area is 233 Å². The van der Waals surface area contributed by atoms with Crippen molar-refractivity contribution in [2.75, 3.05) is 5.32 Å². The molecular formula is C25H14Cl2IN3O2S2. The molecule has 0 radical (unpaired) electrons. The predicted molar refractivity (Wildman–Crippen MR) is 156 cm³/mol. The highest BCUT2D eigenvalue weighted by atomic mass is 127. The normalized spacial score (nSPS) is 10.9. The maximum absolute atomic E-state index is 12.8. The van der Waals surface area contributed by atoms with Gasteiger partial charge in [0.25, 0.3) is 5.91 Å². The van der Waals surface area contributed by atoms with Gasteiger partial charge in [-0.2, -0.15) is 0 Å². The first-order valence-corrected chi connectivity index (χ1v) is 13.3. The highest BCUT2D eigenvalue weighted by molar-refractivity contribution is 14.1. The molecule has 0 saturated carbocycles. The zero-order valence-electron chi connectivity index (χ0n) is 17.6. The van der Waals surface area contributed by atoms with E-state index >= 15 is 0 Å². The highest BCUT2D eigenvalue weighted by Crippen LogP contribution is 2.36. The van der Waals surface area contributed by atoms with Crippen molar-refractivity contribution in [2.45, 2.75) is 0 Å². The number of thiazole rings is 1. The number of benzene rings is 3. The summed E-state index contributed by atoms with van der Waals surface area (Å²) in [6, 6.07) is 22.2. The Morgan fingerprint density at radius 2 is 1.83 bits per heavy atom. The van der Waals surface area contributed by atoms with Gasteiger partial charge in [0.15, 0.2) is 10.9 Å². The first kappa shape index (κ1) is 24.2. The predicted octanol–water partition coefficient (Wildman–Crippen LogP) is 8.26. The van der Waals surface area contributed by atoms with Crippen LogP contribution in [0.4, 0.5) is 5.69 Å². The highest BCUT2D eigenvalue weighted by Gasteiger charge is 2.17. The van der Waals surface area contributed by atoms with Gasteiger partial charge in [-0.25, -0.2) is 4.98 Å². The van der Waals surface area contributed by atoms with E-state index in [9.17, 15) is 4.79 Å². The van der Waals surface area contributed by atoms with Crippen LogP contribution >= 0.6 is 69.3 Å². The largest absolute Gasteiger partial charge is 0.451 e. The molecule has 0 bridgehead atoms. The molecule has 0 aliphatic rings. The molecule has 35 heavy (non-hydrogen) atoms. The van der Waals surface area contributed by atoms with Crippen molar-refractivity contribution in [1.29, 1.82) is 0 Å². The minimum absolute atomic E-state index is 0.101. The molecule has 0 aliphatic heterocycles. The van der Waals surface area contributed by atoms with Crippen LogP contribution in [0.2, 0.25) is 10.0 Å². The Kier molecular flexibility index (Phi) is 7.08. The van der Waals surface area contributed by atoms with Crippen molar-refractivity contribution in [2.24, 2.45) is 0 Å². The van der Waals surface area contributed by atoms with Crippen LogP contribution in [0.3, 0.4) is 0 Å². The number of nitrogens with one attached hydrogen (secondary N) is 2. The number of anilines is 1. The van der Waals surface area contributed by atoms with Crippen molar-refractivity contribution < 1.29 is 9.21 Å². The number of hydrogen-bond acceptors (Lipinski definition) is 5. The van der Waals surface area contributed by atoms with Gasteiger partial charge >= 0.3 is 0 Å². The lowest BCUT2D eigenvalue weighted by Crippen LogP contribution is -2.34. The lowest BCUT2D eigenvalue weighted by Gasteiger charge is -2.12. The number of halogens is 3. The molecule has 2 aromatic heterocycles. The van der Waals surface area contributed by atoms with E-state index in [4.69, 9.17) is 44.8 Å². The summed E-state index contributed by atoms with van der Waals surface area (Å²) in [7, 11) is 0. The molecule has 1 amide bonds. The summed E-state index contributed by atoms with van der Waals surface area (Å²) in [5, 5.41) is 7.73. The van der Waals surface area contributed by atoms with Crippen molar-refractivity contribution in [1.82, 2.24) is 10.3 Å². The van der Waals surface area contributed by atoms with Gasteiger partial charge in [0.05, 0.1) is 20.9 Å². The Morgan fingerprint density at radius 1 is 1.00 bits per heavy atom. The fourth-order valence-corrected chi connectivity index (χ4v) is 5.59. The molecule has 5 rings (SSSR count). The quantitative estimate of drug-likeness (QED) is 0.152. The maximum atomic E-state index is 12.8. The molecule has 0 saturated heterocycles. The molecule has 174 valence electrons. The third-order valence-electron chi connectivity index (χ3n) is 5.01. The minimum atomic E-state index is -0.481. The molecule has 5 nitrogen and oxygen atoms in total. The van der Waals surface area contributed by atoms with Crippen LogP contribution in [0.25, 0.3) is 32.1 Å². The van der Waals surface area contributed by atoms with E-state index < -0.39 is 5.91 Å². The van der Waals surface area contributed by atoms with Gasteiger partial charge in [-0.05, 0) is 95.5 Å². The summed E-state index contributed by atoms with van der Waals surface area (Å²) >= 11 is 21.5. The number of rotatable bonds is 4. The van der Waals surface area contributed by atoms with E-state index in [0.29, 0.717) is 21.4 Å². The summed E-state index contributed by atoms with van der Waals surface area (Å²) in [6.45, 7) is 0. The smallest absolute Gasteiger partial charge is 0.293 e. The number of furan rings is 1. The summed E-state index contributed by atoms with van der Waals surface area (Å²) in [5.41, 5.74) is 3.20. The monoisotopic (exact) mass is 649 g/mol. The van der Waals surface area contributed by atoms with Crippen LogP contribution in [0.5, 0.6) is 0 Å². The fraction of sp³-hybridized carbons (Fsp3) is 0. The van der Waals surface area contributed by atoms with Crippen molar-refractivity contribution in [3.8, 4) is 21.9 Å². The number of fused-ring (bicyclic) bond motifs is 1. The van der Waals surface area contributed by atoms with Crippen LogP contribution in [0, 0.1) is 3.57 Å². The molecule has 0 spiro atoms.